The summed E-state index contributed by atoms with van der Waals surface area (Å²) in [6.07, 6.45) is 5.96. The molecular weight excluding hydrogens is 166 g/mol. The molecule has 0 aromatic carbocycles. The molecule has 5 heteroatoms. The minimum Gasteiger partial charge on any atom is -0.324 e. The molecule has 1 atom stereocenters. The summed E-state index contributed by atoms with van der Waals surface area (Å²) in [5, 5.41) is 11.0. The van der Waals surface area contributed by atoms with E-state index in [-0.39, 0.29) is 0 Å². The molecule has 0 aliphatic carbocycles. The normalized spacial score (nSPS) is 22.2. The van der Waals surface area contributed by atoms with Crippen LogP contribution in [0.3, 0.4) is 0 Å². The van der Waals surface area contributed by atoms with Crippen molar-refractivity contribution in [3.8, 4) is 0 Å². The van der Waals surface area contributed by atoms with Crippen molar-refractivity contribution in [3.63, 3.8) is 0 Å². The molecule has 1 aromatic rings. The molecule has 1 aromatic heterocycles. The van der Waals surface area contributed by atoms with Crippen LogP contribution in [-0.4, -0.2) is 34.9 Å². The zero-order valence-corrected chi connectivity index (χ0v) is 7.64. The summed E-state index contributed by atoms with van der Waals surface area (Å²) in [6.45, 7) is 1.01. The summed E-state index contributed by atoms with van der Waals surface area (Å²) >= 11 is 0. The Kier molecular flexibility index (Phi) is 2.35. The molecule has 5 nitrogen and oxygen atoms in total. The van der Waals surface area contributed by atoms with Crippen molar-refractivity contribution in [2.24, 2.45) is 0 Å². The molecule has 1 saturated heterocycles. The lowest BCUT2D eigenvalue weighted by Gasteiger charge is -2.22. The third-order valence-corrected chi connectivity index (χ3v) is 2.31. The van der Waals surface area contributed by atoms with E-state index in [2.05, 4.69) is 25.4 Å². The second kappa shape index (κ2) is 3.66. The Morgan fingerprint density at radius 1 is 1.54 bits per heavy atom. The number of aromatic nitrogens is 3. The summed E-state index contributed by atoms with van der Waals surface area (Å²) in [6, 6.07) is 0. The van der Waals surface area contributed by atoms with Crippen LogP contribution in [0.15, 0.2) is 12.4 Å². The molecule has 1 aliphatic rings. The van der Waals surface area contributed by atoms with E-state index < -0.39 is 0 Å². The van der Waals surface area contributed by atoms with Crippen LogP contribution < -0.4 is 10.2 Å². The van der Waals surface area contributed by atoms with Crippen molar-refractivity contribution in [2.75, 3.05) is 18.5 Å². The van der Waals surface area contributed by atoms with E-state index in [1.54, 1.807) is 12.4 Å². The van der Waals surface area contributed by atoms with Crippen molar-refractivity contribution in [2.45, 2.75) is 19.0 Å². The third-order valence-electron chi connectivity index (χ3n) is 2.31. The molecule has 2 heterocycles. The van der Waals surface area contributed by atoms with Gasteiger partial charge in [-0.3, -0.25) is 0 Å². The fourth-order valence-corrected chi connectivity index (χ4v) is 1.68. The largest absolute Gasteiger partial charge is 0.324 e. The highest BCUT2D eigenvalue weighted by molar-refractivity contribution is 5.30. The topological polar surface area (TPSA) is 53.9 Å². The highest BCUT2D eigenvalue weighted by atomic mass is 15.4. The van der Waals surface area contributed by atoms with Gasteiger partial charge in [-0.05, 0) is 19.9 Å². The number of anilines is 1. The molecule has 1 unspecified atom stereocenters. The molecule has 13 heavy (non-hydrogen) atoms. The van der Waals surface area contributed by atoms with Crippen LogP contribution in [0.25, 0.3) is 0 Å². The van der Waals surface area contributed by atoms with Gasteiger partial charge in [0.05, 0.1) is 18.6 Å². The molecule has 0 spiro atoms. The van der Waals surface area contributed by atoms with E-state index in [1.807, 2.05) is 7.05 Å². The number of hydrogen-bond acceptors (Lipinski definition) is 5. The Balaban J connectivity index is 2.16. The predicted molar refractivity (Wildman–Crippen MR) is 49.3 cm³/mol. The Morgan fingerprint density at radius 2 is 2.46 bits per heavy atom. The molecule has 70 valence electrons. The first-order chi connectivity index (χ1) is 6.42. The van der Waals surface area contributed by atoms with Gasteiger partial charge in [-0.1, -0.05) is 0 Å². The monoisotopic (exact) mass is 179 g/mol. The first kappa shape index (κ1) is 8.37. The number of hydrogen-bond donors (Lipinski definition) is 1. The van der Waals surface area contributed by atoms with E-state index in [1.165, 1.54) is 6.42 Å². The van der Waals surface area contributed by atoms with Gasteiger partial charge in [-0.15, -0.1) is 5.10 Å². The maximum absolute atomic E-state index is 4.17. The van der Waals surface area contributed by atoms with Gasteiger partial charge in [0.15, 0.2) is 0 Å². The highest BCUT2D eigenvalue weighted by Crippen LogP contribution is 2.18. The van der Waals surface area contributed by atoms with Crippen molar-refractivity contribution in [1.29, 1.82) is 0 Å². The van der Waals surface area contributed by atoms with E-state index >= 15 is 0 Å². The van der Waals surface area contributed by atoms with Crippen LogP contribution in [-0.2, 0) is 0 Å². The van der Waals surface area contributed by atoms with Gasteiger partial charge in [0.2, 0.25) is 5.95 Å². The van der Waals surface area contributed by atoms with E-state index in [9.17, 15) is 0 Å². The van der Waals surface area contributed by atoms with Gasteiger partial charge in [0.25, 0.3) is 0 Å². The summed E-state index contributed by atoms with van der Waals surface area (Å²) in [4.78, 5) is 6.32. The smallest absolute Gasteiger partial charge is 0.246 e. The number of nitrogens with one attached hydrogen (secondary N) is 1. The van der Waals surface area contributed by atoms with E-state index in [0.29, 0.717) is 6.17 Å². The van der Waals surface area contributed by atoms with E-state index in [0.717, 1.165) is 18.9 Å². The first-order valence-electron chi connectivity index (χ1n) is 4.49. The van der Waals surface area contributed by atoms with Crippen LogP contribution in [0, 0.1) is 0 Å². The zero-order valence-electron chi connectivity index (χ0n) is 7.64. The summed E-state index contributed by atoms with van der Waals surface area (Å²) in [7, 11) is 1.96. The fourth-order valence-electron chi connectivity index (χ4n) is 1.68. The maximum Gasteiger partial charge on any atom is 0.246 e. The Hall–Kier alpha value is -1.23. The van der Waals surface area contributed by atoms with Crippen LogP contribution in [0.5, 0.6) is 0 Å². The lowest BCUT2D eigenvalue weighted by molar-refractivity contribution is 0.571. The molecule has 1 aliphatic heterocycles. The third kappa shape index (κ3) is 1.60. The summed E-state index contributed by atoms with van der Waals surface area (Å²) in [5.41, 5.74) is 0. The highest BCUT2D eigenvalue weighted by Gasteiger charge is 2.24. The van der Waals surface area contributed by atoms with Gasteiger partial charge in [0, 0.05) is 6.54 Å². The SMILES string of the molecule is CNC1CCCN1c1nccnn1. The maximum atomic E-state index is 4.17. The van der Waals surface area contributed by atoms with Crippen LogP contribution in [0.2, 0.25) is 0 Å². The van der Waals surface area contributed by atoms with Crippen LogP contribution >= 0.6 is 0 Å². The molecule has 1 N–H and O–H groups in total. The second-order valence-electron chi connectivity index (χ2n) is 3.08. The van der Waals surface area contributed by atoms with Gasteiger partial charge in [-0.25, -0.2) is 4.98 Å². The van der Waals surface area contributed by atoms with Crippen LogP contribution in [0.1, 0.15) is 12.8 Å². The van der Waals surface area contributed by atoms with Crippen molar-refractivity contribution in [1.82, 2.24) is 20.5 Å². The Labute approximate surface area is 77.2 Å². The number of nitrogens with zero attached hydrogens (tertiary/aromatic N) is 4. The predicted octanol–water partition coefficient (Wildman–Crippen LogP) is 0.0173. The van der Waals surface area contributed by atoms with Gasteiger partial charge >= 0.3 is 0 Å². The van der Waals surface area contributed by atoms with Gasteiger partial charge < -0.3 is 10.2 Å². The van der Waals surface area contributed by atoms with Crippen molar-refractivity contribution < 1.29 is 0 Å². The first-order valence-corrected chi connectivity index (χ1v) is 4.49. The molecule has 0 radical (unpaired) electrons. The average Bonchev–Trinajstić information content (AvgIpc) is 2.67. The zero-order chi connectivity index (χ0) is 9.10. The number of rotatable bonds is 2. The minimum atomic E-state index is 0.365. The van der Waals surface area contributed by atoms with Crippen molar-refractivity contribution >= 4 is 5.95 Å². The van der Waals surface area contributed by atoms with Gasteiger partial charge in [-0.2, -0.15) is 5.10 Å². The summed E-state index contributed by atoms with van der Waals surface area (Å²) < 4.78 is 0. The molecule has 1 fully saturated rings. The minimum absolute atomic E-state index is 0.365. The van der Waals surface area contributed by atoms with Crippen molar-refractivity contribution in [3.05, 3.63) is 12.4 Å². The molecular formula is C8H13N5. The molecule has 0 amide bonds. The van der Waals surface area contributed by atoms with E-state index in [4.69, 9.17) is 0 Å². The lowest BCUT2D eigenvalue weighted by Crippen LogP contribution is -2.40. The van der Waals surface area contributed by atoms with Crippen LogP contribution in [0.4, 0.5) is 5.95 Å². The lowest BCUT2D eigenvalue weighted by atomic mass is 10.3. The summed E-state index contributed by atoms with van der Waals surface area (Å²) in [5.74, 6) is 0.722. The average molecular weight is 179 g/mol. The Bertz CT molecular complexity index is 262. The second-order valence-corrected chi connectivity index (χ2v) is 3.08. The molecule has 2 rings (SSSR count). The molecule has 0 saturated carbocycles. The fraction of sp³-hybridized carbons (Fsp3) is 0.625. The Morgan fingerprint density at radius 3 is 3.15 bits per heavy atom. The van der Waals surface area contributed by atoms with Gasteiger partial charge in [0.1, 0.15) is 0 Å². The standard InChI is InChI=1S/C8H13N5/c1-9-7-3-2-6-13(7)8-10-4-5-11-12-8/h4-5,7,9H,2-3,6H2,1H3. The quantitative estimate of drug-likeness (QED) is 0.693. The molecule has 0 bridgehead atoms.